The third-order valence-electron chi connectivity index (χ3n) is 4.41. The molecule has 0 fully saturated rings. The van der Waals surface area contributed by atoms with Crippen molar-refractivity contribution in [2.75, 3.05) is 6.54 Å². The van der Waals surface area contributed by atoms with E-state index in [-0.39, 0.29) is 0 Å². The molecule has 0 aromatic heterocycles. The molecule has 0 bridgehead atoms. The van der Waals surface area contributed by atoms with Crippen LogP contribution in [0.3, 0.4) is 0 Å². The first kappa shape index (κ1) is 20.9. The summed E-state index contributed by atoms with van der Waals surface area (Å²) in [6.07, 6.45) is 0.527. The second kappa shape index (κ2) is 10.7. The van der Waals surface area contributed by atoms with Gasteiger partial charge in [-0.15, -0.1) is 0 Å². The minimum atomic E-state index is -0.994. The maximum Gasteiger partial charge on any atom is 0.309 e. The second-order valence-corrected chi connectivity index (χ2v) is 6.70. The van der Waals surface area contributed by atoms with Crippen molar-refractivity contribution in [2.45, 2.75) is 19.6 Å². The lowest BCUT2D eigenvalue weighted by atomic mass is 10.1. The standard InChI is InChI=1S/C24H24N2O4/c25-23(27)24(28)26-14-13-18-11-12-21(29-16-19-7-3-1-4-8-19)22(15-18)30-17-20-9-5-2-6-10-20/h1-12,15H,13-14,16-17H2,(H2,25,27)(H,26,28). The lowest BCUT2D eigenvalue weighted by Gasteiger charge is -2.15. The second-order valence-electron chi connectivity index (χ2n) is 6.70. The molecule has 0 aliphatic heterocycles. The fourth-order valence-electron chi connectivity index (χ4n) is 2.82. The lowest BCUT2D eigenvalue weighted by molar-refractivity contribution is -0.137. The van der Waals surface area contributed by atoms with Gasteiger partial charge in [0.25, 0.3) is 0 Å². The number of hydrogen-bond acceptors (Lipinski definition) is 4. The SMILES string of the molecule is NC(=O)C(=O)NCCc1ccc(OCc2ccccc2)c(OCc2ccccc2)c1. The van der Waals surface area contributed by atoms with Crippen LogP contribution in [0.15, 0.2) is 78.9 Å². The van der Waals surface area contributed by atoms with Gasteiger partial charge < -0.3 is 20.5 Å². The van der Waals surface area contributed by atoms with Gasteiger partial charge >= 0.3 is 11.8 Å². The van der Waals surface area contributed by atoms with Crippen LogP contribution in [0.25, 0.3) is 0 Å². The van der Waals surface area contributed by atoms with E-state index < -0.39 is 11.8 Å². The number of primary amides is 1. The number of ether oxygens (including phenoxy) is 2. The predicted molar refractivity (Wildman–Crippen MR) is 114 cm³/mol. The molecule has 0 spiro atoms. The maximum atomic E-state index is 11.3. The van der Waals surface area contributed by atoms with Crippen LogP contribution >= 0.6 is 0 Å². The number of benzene rings is 3. The van der Waals surface area contributed by atoms with Gasteiger partial charge in [0.1, 0.15) is 13.2 Å². The average Bonchev–Trinajstić information content (AvgIpc) is 2.78. The fourth-order valence-corrected chi connectivity index (χ4v) is 2.82. The number of amides is 2. The molecule has 0 saturated carbocycles. The predicted octanol–water partition coefficient (Wildman–Crippen LogP) is 2.99. The molecule has 0 atom stereocenters. The van der Waals surface area contributed by atoms with Crippen LogP contribution in [-0.2, 0) is 29.2 Å². The van der Waals surface area contributed by atoms with Crippen LogP contribution in [0.2, 0.25) is 0 Å². The Labute approximate surface area is 175 Å². The van der Waals surface area contributed by atoms with Crippen LogP contribution in [0.4, 0.5) is 0 Å². The zero-order valence-corrected chi connectivity index (χ0v) is 16.5. The van der Waals surface area contributed by atoms with E-state index in [2.05, 4.69) is 5.32 Å². The van der Waals surface area contributed by atoms with Gasteiger partial charge in [-0.2, -0.15) is 0 Å². The van der Waals surface area contributed by atoms with Gasteiger partial charge in [0.2, 0.25) is 0 Å². The highest BCUT2D eigenvalue weighted by Gasteiger charge is 2.10. The number of hydrogen-bond donors (Lipinski definition) is 2. The molecular formula is C24H24N2O4. The highest BCUT2D eigenvalue weighted by Crippen LogP contribution is 2.30. The molecule has 0 unspecified atom stereocenters. The van der Waals surface area contributed by atoms with Gasteiger partial charge in [-0.05, 0) is 35.2 Å². The van der Waals surface area contributed by atoms with Crippen molar-refractivity contribution in [3.63, 3.8) is 0 Å². The Balaban J connectivity index is 1.69. The topological polar surface area (TPSA) is 90.7 Å². The molecule has 30 heavy (non-hydrogen) atoms. The van der Waals surface area contributed by atoms with Gasteiger partial charge in [-0.1, -0.05) is 66.7 Å². The van der Waals surface area contributed by atoms with E-state index in [1.54, 1.807) is 0 Å². The first-order valence-corrected chi connectivity index (χ1v) is 9.66. The zero-order chi connectivity index (χ0) is 21.2. The van der Waals surface area contributed by atoms with Crippen molar-refractivity contribution < 1.29 is 19.1 Å². The normalized spacial score (nSPS) is 10.3. The van der Waals surface area contributed by atoms with Crippen LogP contribution in [0.1, 0.15) is 16.7 Å². The summed E-state index contributed by atoms with van der Waals surface area (Å²) in [5, 5.41) is 2.48. The number of nitrogens with two attached hydrogens (primary N) is 1. The van der Waals surface area contributed by atoms with E-state index in [0.717, 1.165) is 16.7 Å². The number of rotatable bonds is 9. The first-order valence-electron chi connectivity index (χ1n) is 9.66. The minimum absolute atomic E-state index is 0.296. The van der Waals surface area contributed by atoms with E-state index in [4.69, 9.17) is 15.2 Å². The summed E-state index contributed by atoms with van der Waals surface area (Å²) in [5.74, 6) is -0.530. The summed E-state index contributed by atoms with van der Waals surface area (Å²) in [7, 11) is 0. The number of nitrogens with one attached hydrogen (secondary N) is 1. The molecule has 6 nitrogen and oxygen atoms in total. The quantitative estimate of drug-likeness (QED) is 0.537. The van der Waals surface area contributed by atoms with Crippen molar-refractivity contribution >= 4 is 11.8 Å². The summed E-state index contributed by atoms with van der Waals surface area (Å²) >= 11 is 0. The Bertz CT molecular complexity index is 975. The largest absolute Gasteiger partial charge is 0.485 e. The molecule has 154 valence electrons. The van der Waals surface area contributed by atoms with E-state index in [9.17, 15) is 9.59 Å². The molecule has 3 aromatic carbocycles. The van der Waals surface area contributed by atoms with E-state index in [0.29, 0.717) is 37.7 Å². The van der Waals surface area contributed by atoms with Crippen molar-refractivity contribution in [1.29, 1.82) is 0 Å². The van der Waals surface area contributed by atoms with E-state index in [1.807, 2.05) is 78.9 Å². The van der Waals surface area contributed by atoms with Gasteiger partial charge in [0, 0.05) is 6.54 Å². The molecule has 0 radical (unpaired) electrons. The molecule has 0 saturated heterocycles. The van der Waals surface area contributed by atoms with Crippen molar-refractivity contribution in [2.24, 2.45) is 5.73 Å². The highest BCUT2D eigenvalue weighted by molar-refractivity contribution is 6.34. The van der Waals surface area contributed by atoms with Crippen LogP contribution in [-0.4, -0.2) is 18.4 Å². The van der Waals surface area contributed by atoms with Gasteiger partial charge in [-0.3, -0.25) is 9.59 Å². The Morgan fingerprint density at radius 2 is 1.30 bits per heavy atom. The monoisotopic (exact) mass is 404 g/mol. The first-order chi connectivity index (χ1) is 14.6. The summed E-state index contributed by atoms with van der Waals surface area (Å²) in [6.45, 7) is 1.13. The molecule has 3 N–H and O–H groups in total. The fraction of sp³-hybridized carbons (Fsp3) is 0.167. The van der Waals surface area contributed by atoms with Gasteiger partial charge in [-0.25, -0.2) is 0 Å². The van der Waals surface area contributed by atoms with Crippen LogP contribution in [0, 0.1) is 0 Å². The van der Waals surface area contributed by atoms with Crippen LogP contribution in [0.5, 0.6) is 11.5 Å². The Morgan fingerprint density at radius 1 is 0.733 bits per heavy atom. The zero-order valence-electron chi connectivity index (χ0n) is 16.5. The summed E-state index contributed by atoms with van der Waals surface area (Å²) < 4.78 is 12.0. The Kier molecular flexibility index (Phi) is 7.44. The summed E-state index contributed by atoms with van der Waals surface area (Å²) in [6, 6.07) is 25.4. The van der Waals surface area contributed by atoms with E-state index in [1.165, 1.54) is 0 Å². The average molecular weight is 404 g/mol. The minimum Gasteiger partial charge on any atom is -0.485 e. The van der Waals surface area contributed by atoms with Gasteiger partial charge in [0.15, 0.2) is 11.5 Å². The molecule has 0 heterocycles. The molecule has 6 heteroatoms. The number of carbonyl (C=O) groups is 2. The molecule has 3 rings (SSSR count). The molecule has 0 aliphatic carbocycles. The van der Waals surface area contributed by atoms with Crippen molar-refractivity contribution in [3.05, 3.63) is 95.6 Å². The smallest absolute Gasteiger partial charge is 0.309 e. The molecule has 0 aliphatic rings. The summed E-state index contributed by atoms with van der Waals surface area (Å²) in [5.41, 5.74) is 7.99. The molecule has 3 aromatic rings. The van der Waals surface area contributed by atoms with E-state index >= 15 is 0 Å². The van der Waals surface area contributed by atoms with Crippen molar-refractivity contribution in [3.8, 4) is 11.5 Å². The Hall–Kier alpha value is -3.80. The maximum absolute atomic E-state index is 11.3. The van der Waals surface area contributed by atoms with Crippen LogP contribution < -0.4 is 20.5 Å². The number of carbonyl (C=O) groups excluding carboxylic acids is 2. The van der Waals surface area contributed by atoms with Crippen molar-refractivity contribution in [1.82, 2.24) is 5.32 Å². The summed E-state index contributed by atoms with van der Waals surface area (Å²) in [4.78, 5) is 22.1. The van der Waals surface area contributed by atoms with Gasteiger partial charge in [0.05, 0.1) is 0 Å². The third kappa shape index (κ3) is 6.38. The highest BCUT2D eigenvalue weighted by atomic mass is 16.5. The Morgan fingerprint density at radius 3 is 1.87 bits per heavy atom. The lowest BCUT2D eigenvalue weighted by Crippen LogP contribution is -2.37. The third-order valence-corrected chi connectivity index (χ3v) is 4.41. The molecule has 2 amide bonds. The molecular weight excluding hydrogens is 380 g/mol.